The lowest BCUT2D eigenvalue weighted by Gasteiger charge is -2.37. The summed E-state index contributed by atoms with van der Waals surface area (Å²) in [7, 11) is -2.78. The second-order valence-electron chi connectivity index (χ2n) is 4.24. The van der Waals surface area contributed by atoms with E-state index in [0.717, 1.165) is 5.30 Å². The highest BCUT2D eigenvalue weighted by atomic mass is 32.1. The molecule has 0 saturated carbocycles. The van der Waals surface area contributed by atoms with Crippen molar-refractivity contribution in [2.24, 2.45) is 9.69 Å². The molecule has 0 aliphatic heterocycles. The summed E-state index contributed by atoms with van der Waals surface area (Å²) in [5.74, 6) is 0. The maximum Gasteiger partial charge on any atom is 0.248 e. The third-order valence-corrected chi connectivity index (χ3v) is 8.29. The van der Waals surface area contributed by atoms with E-state index in [2.05, 4.69) is 9.69 Å². The van der Waals surface area contributed by atoms with Gasteiger partial charge in [-0.1, -0.05) is 27.7 Å². The molecule has 0 radical (unpaired) electrons. The van der Waals surface area contributed by atoms with Gasteiger partial charge in [-0.05, 0) is 0 Å². The first-order chi connectivity index (χ1) is 10.1. The highest BCUT2D eigenvalue weighted by Gasteiger charge is 2.38. The molecular weight excluding hydrogens is 326 g/mol. The molecule has 0 aromatic carbocycles. The lowest BCUT2D eigenvalue weighted by Crippen LogP contribution is -2.36. The van der Waals surface area contributed by atoms with Crippen molar-refractivity contribution in [1.29, 1.82) is 0 Å². The van der Waals surface area contributed by atoms with Crippen molar-refractivity contribution in [3.63, 3.8) is 0 Å². The van der Waals surface area contributed by atoms with E-state index in [1.54, 1.807) is 0 Å². The van der Waals surface area contributed by atoms with Crippen molar-refractivity contribution >= 4 is 38.3 Å². The van der Waals surface area contributed by atoms with Crippen LogP contribution in [0.25, 0.3) is 0 Å². The van der Waals surface area contributed by atoms with E-state index in [4.69, 9.17) is 0 Å². The van der Waals surface area contributed by atoms with Crippen LogP contribution < -0.4 is 5.30 Å². The number of hydrogen-bond acceptors (Lipinski definition) is 4. The predicted molar refractivity (Wildman–Crippen MR) is 92.2 cm³/mol. The van der Waals surface area contributed by atoms with Gasteiger partial charge in [-0.2, -0.15) is 0 Å². The topological polar surface area (TPSA) is 65.3 Å². The summed E-state index contributed by atoms with van der Waals surface area (Å²) in [6, 6.07) is 0. The summed E-state index contributed by atoms with van der Waals surface area (Å²) in [5.41, 5.74) is 0.614. The quantitative estimate of drug-likeness (QED) is 0.479. The molecule has 0 aliphatic carbocycles. The van der Waals surface area contributed by atoms with E-state index in [0.29, 0.717) is 31.9 Å². The summed E-state index contributed by atoms with van der Waals surface area (Å²) in [5, 5.41) is 4.43. The van der Waals surface area contributed by atoms with Crippen LogP contribution in [0.5, 0.6) is 0 Å². The van der Waals surface area contributed by atoms with Gasteiger partial charge in [-0.15, -0.1) is 16.2 Å². The Morgan fingerprint density at radius 3 is 2.05 bits per heavy atom. The Balaban J connectivity index is 3.44. The van der Waals surface area contributed by atoms with Crippen molar-refractivity contribution < 1.29 is 4.57 Å². The SMILES string of the molecule is CCN(CC)P(=O)(c1cscc1N=PN=O)N(CC)CC. The van der Waals surface area contributed by atoms with Crippen molar-refractivity contribution in [1.82, 2.24) is 9.34 Å². The molecule has 0 amide bonds. The molecule has 1 aromatic rings. The van der Waals surface area contributed by atoms with Crippen LogP contribution in [-0.2, 0) is 4.57 Å². The van der Waals surface area contributed by atoms with Crippen molar-refractivity contribution in [3.05, 3.63) is 15.7 Å². The average molecular weight is 348 g/mol. The zero-order valence-corrected chi connectivity index (χ0v) is 15.5. The van der Waals surface area contributed by atoms with Crippen molar-refractivity contribution in [2.45, 2.75) is 27.7 Å². The van der Waals surface area contributed by atoms with Crippen LogP contribution in [0.1, 0.15) is 27.7 Å². The molecule has 6 nitrogen and oxygen atoms in total. The zero-order chi connectivity index (χ0) is 15.9. The lowest BCUT2D eigenvalue weighted by atomic mass is 10.6. The minimum absolute atomic E-state index is 0.105. The fourth-order valence-corrected chi connectivity index (χ4v) is 7.15. The first kappa shape index (κ1) is 18.6. The highest BCUT2D eigenvalue weighted by molar-refractivity contribution is 7.67. The van der Waals surface area contributed by atoms with Crippen LogP contribution >= 0.6 is 27.3 Å². The molecular formula is C12H22N4O2P2S. The van der Waals surface area contributed by atoms with E-state index in [1.165, 1.54) is 11.3 Å². The molecule has 118 valence electrons. The first-order valence-electron chi connectivity index (χ1n) is 7.00. The number of thiophene rings is 1. The molecule has 0 N–H and O–H groups in total. The molecule has 1 aromatic heterocycles. The van der Waals surface area contributed by atoms with Gasteiger partial charge in [0.15, 0.2) is 0 Å². The summed E-state index contributed by atoms with van der Waals surface area (Å²) in [6.45, 7) is 10.8. The number of nitrogens with zero attached hydrogens (tertiary/aromatic N) is 4. The minimum Gasteiger partial charge on any atom is -0.283 e. The van der Waals surface area contributed by atoms with Gasteiger partial charge in [0.2, 0.25) is 16.0 Å². The Kier molecular flexibility index (Phi) is 7.85. The Labute approximate surface area is 131 Å². The van der Waals surface area contributed by atoms with Crippen LogP contribution in [0.15, 0.2) is 20.5 Å². The molecule has 1 rings (SSSR count). The predicted octanol–water partition coefficient (Wildman–Crippen LogP) is 4.69. The fraction of sp³-hybridized carbons (Fsp3) is 0.667. The van der Waals surface area contributed by atoms with Gasteiger partial charge in [-0.25, -0.2) is 14.1 Å². The van der Waals surface area contributed by atoms with E-state index in [-0.39, 0.29) is 8.52 Å². The zero-order valence-electron chi connectivity index (χ0n) is 12.9. The van der Waals surface area contributed by atoms with Gasteiger partial charge in [0.05, 0.1) is 11.0 Å². The molecule has 0 aliphatic rings. The Hall–Kier alpha value is -0.450. The largest absolute Gasteiger partial charge is 0.283 e. The molecule has 9 heteroatoms. The minimum atomic E-state index is -2.89. The van der Waals surface area contributed by atoms with Gasteiger partial charge in [0.25, 0.3) is 0 Å². The van der Waals surface area contributed by atoms with Gasteiger partial charge in [0, 0.05) is 41.9 Å². The first-order valence-corrected chi connectivity index (χ1v) is 10.4. The molecule has 0 saturated heterocycles. The molecule has 0 bridgehead atoms. The highest BCUT2D eigenvalue weighted by Crippen LogP contribution is 2.54. The second kappa shape index (κ2) is 8.86. The van der Waals surface area contributed by atoms with E-state index >= 15 is 0 Å². The van der Waals surface area contributed by atoms with E-state index in [9.17, 15) is 9.47 Å². The Morgan fingerprint density at radius 1 is 1.10 bits per heavy atom. The van der Waals surface area contributed by atoms with Crippen LogP contribution in [0.2, 0.25) is 0 Å². The molecule has 0 fully saturated rings. The number of nitroso groups, excluding NO2 is 1. The normalized spacial score (nSPS) is 12.7. The summed E-state index contributed by atoms with van der Waals surface area (Å²) < 4.78 is 22.0. The fourth-order valence-electron chi connectivity index (χ4n) is 2.34. The number of rotatable bonds is 9. The Morgan fingerprint density at radius 2 is 1.62 bits per heavy atom. The van der Waals surface area contributed by atoms with Crippen LogP contribution in [0.4, 0.5) is 5.69 Å². The maximum absolute atomic E-state index is 13.9. The lowest BCUT2D eigenvalue weighted by molar-refractivity contribution is 0.369. The molecule has 0 atom stereocenters. The van der Waals surface area contributed by atoms with Crippen LogP contribution in [0, 0.1) is 4.91 Å². The Bertz CT molecular complexity index is 511. The van der Waals surface area contributed by atoms with Gasteiger partial charge >= 0.3 is 0 Å². The standard InChI is InChI=1S/C12H22N4O2P2S/c1-5-15(6-2)20(18,16(7-3)8-4)12-10-21-9-11(12)13-19-14-17/h9-10H,5-8H2,1-4H3. The van der Waals surface area contributed by atoms with Crippen molar-refractivity contribution in [2.75, 3.05) is 26.2 Å². The third-order valence-electron chi connectivity index (χ3n) is 3.35. The van der Waals surface area contributed by atoms with Gasteiger partial charge < -0.3 is 0 Å². The van der Waals surface area contributed by atoms with Crippen LogP contribution in [-0.4, -0.2) is 35.5 Å². The summed E-state index contributed by atoms with van der Waals surface area (Å²) in [6.07, 6.45) is 0. The molecule has 0 unspecified atom stereocenters. The summed E-state index contributed by atoms with van der Waals surface area (Å²) in [4.78, 5) is 13.1. The monoisotopic (exact) mass is 348 g/mol. The molecule has 21 heavy (non-hydrogen) atoms. The molecule has 0 spiro atoms. The van der Waals surface area contributed by atoms with Gasteiger partial charge in [-0.3, -0.25) is 4.57 Å². The van der Waals surface area contributed by atoms with Gasteiger partial charge in [0.1, 0.15) is 0 Å². The smallest absolute Gasteiger partial charge is 0.248 e. The van der Waals surface area contributed by atoms with E-state index < -0.39 is 7.44 Å². The van der Waals surface area contributed by atoms with E-state index in [1.807, 2.05) is 47.8 Å². The number of hydrogen-bond donors (Lipinski definition) is 0. The third kappa shape index (κ3) is 3.85. The summed E-state index contributed by atoms with van der Waals surface area (Å²) >= 11 is 1.45. The second-order valence-corrected chi connectivity index (χ2v) is 8.22. The average Bonchev–Trinajstić information content (AvgIpc) is 2.96. The van der Waals surface area contributed by atoms with Crippen molar-refractivity contribution in [3.8, 4) is 0 Å². The maximum atomic E-state index is 13.9. The molecule has 1 heterocycles. The van der Waals surface area contributed by atoms with Crippen LogP contribution in [0.3, 0.4) is 0 Å².